The van der Waals surface area contributed by atoms with Crippen LogP contribution in [0.2, 0.25) is 0 Å². The summed E-state index contributed by atoms with van der Waals surface area (Å²) in [5.74, 6) is 0.972. The van der Waals surface area contributed by atoms with E-state index in [0.717, 1.165) is 37.3 Å². The Morgan fingerprint density at radius 3 is 2.25 bits per heavy atom. The van der Waals surface area contributed by atoms with Crippen molar-refractivity contribution in [3.05, 3.63) is 36.1 Å². The quantitative estimate of drug-likeness (QED) is 0.471. The molecule has 0 aromatic heterocycles. The van der Waals surface area contributed by atoms with E-state index in [2.05, 4.69) is 31.9 Å². The molecule has 1 aliphatic heterocycles. The second-order valence-electron chi connectivity index (χ2n) is 5.47. The van der Waals surface area contributed by atoms with Gasteiger partial charge in [-0.2, -0.15) is 0 Å². The van der Waals surface area contributed by atoms with Crippen LogP contribution in [-0.2, 0) is 4.74 Å². The van der Waals surface area contributed by atoms with Crippen LogP contribution in [0.4, 0.5) is 0 Å². The first kappa shape index (κ1) is 17.0. The van der Waals surface area contributed by atoms with E-state index in [1.165, 1.54) is 44.3 Å². The number of allylic oxidation sites excluding steroid dienone is 3. The maximum absolute atomic E-state index is 6.05. The molecule has 1 saturated heterocycles. The Labute approximate surface area is 125 Å². The molecule has 0 aliphatic carbocycles. The van der Waals surface area contributed by atoms with Gasteiger partial charge in [0.2, 0.25) is 0 Å². The normalized spacial score (nSPS) is 18.1. The van der Waals surface area contributed by atoms with E-state index in [9.17, 15) is 0 Å². The van der Waals surface area contributed by atoms with Crippen LogP contribution in [0.1, 0.15) is 52.4 Å². The Morgan fingerprint density at radius 1 is 1.10 bits per heavy atom. The van der Waals surface area contributed by atoms with Crippen LogP contribution in [0.3, 0.4) is 0 Å². The van der Waals surface area contributed by atoms with Gasteiger partial charge in [0.15, 0.2) is 0 Å². The summed E-state index contributed by atoms with van der Waals surface area (Å²) < 4.78 is 6.05. The average Bonchev–Trinajstić information content (AvgIpc) is 2.74. The first-order chi connectivity index (χ1) is 9.72. The van der Waals surface area contributed by atoms with E-state index < -0.39 is 0 Å². The number of rotatable bonds is 8. The van der Waals surface area contributed by atoms with Crippen LogP contribution in [0.5, 0.6) is 0 Å². The van der Waals surface area contributed by atoms with Crippen molar-refractivity contribution in [2.24, 2.45) is 0 Å². The molecule has 0 aromatic carbocycles. The lowest BCUT2D eigenvalue weighted by Gasteiger charge is -2.21. The molecule has 114 valence electrons. The molecule has 0 amide bonds. The van der Waals surface area contributed by atoms with Crippen LogP contribution < -0.4 is 0 Å². The molecule has 1 fully saturated rings. The summed E-state index contributed by atoms with van der Waals surface area (Å²) in [4.78, 5) is 2.53. The third kappa shape index (κ3) is 5.54. The van der Waals surface area contributed by atoms with Crippen LogP contribution >= 0.6 is 0 Å². The molecule has 0 atom stereocenters. The zero-order valence-electron chi connectivity index (χ0n) is 13.4. The Bertz CT molecular complexity index is 335. The fourth-order valence-corrected chi connectivity index (χ4v) is 2.62. The van der Waals surface area contributed by atoms with Gasteiger partial charge in [0.25, 0.3) is 0 Å². The number of hydrogen-bond acceptors (Lipinski definition) is 2. The van der Waals surface area contributed by atoms with Crippen molar-refractivity contribution >= 4 is 0 Å². The van der Waals surface area contributed by atoms with Gasteiger partial charge in [-0.1, -0.05) is 45.9 Å². The Hall–Kier alpha value is -1.02. The van der Waals surface area contributed by atoms with Gasteiger partial charge in [-0.3, -0.25) is 4.90 Å². The minimum atomic E-state index is 0.756. The summed E-state index contributed by atoms with van der Waals surface area (Å²) in [5, 5.41) is 0. The summed E-state index contributed by atoms with van der Waals surface area (Å²) in [5.41, 5.74) is 2.25. The average molecular weight is 277 g/mol. The third-order valence-corrected chi connectivity index (χ3v) is 4.02. The lowest BCUT2D eigenvalue weighted by molar-refractivity contribution is 0.162. The van der Waals surface area contributed by atoms with Gasteiger partial charge in [-0.15, -0.1) is 0 Å². The molecular weight excluding hydrogens is 246 g/mol. The van der Waals surface area contributed by atoms with Crippen molar-refractivity contribution in [3.8, 4) is 0 Å². The van der Waals surface area contributed by atoms with Gasteiger partial charge < -0.3 is 4.74 Å². The van der Waals surface area contributed by atoms with Crippen LogP contribution in [0, 0.1) is 0 Å². The first-order valence-electron chi connectivity index (χ1n) is 8.11. The second kappa shape index (κ2) is 9.82. The molecule has 0 unspecified atom stereocenters. The number of nitrogens with zero attached hydrogens (tertiary/aromatic N) is 1. The van der Waals surface area contributed by atoms with Crippen molar-refractivity contribution < 1.29 is 4.74 Å². The largest absolute Gasteiger partial charge is 0.492 e. The molecule has 0 radical (unpaired) electrons. The van der Waals surface area contributed by atoms with Crippen molar-refractivity contribution in [3.63, 3.8) is 0 Å². The standard InChI is InChI=1S/C18H31NO/c1-5-16(4)18(17(6-2)7-3)20-15-14-19-12-10-8-9-11-13-19/h6H,2,4-5,7-15H2,1,3H3/b18-17-. The minimum Gasteiger partial charge on any atom is -0.492 e. The molecular formula is C18H31NO. The molecule has 0 spiro atoms. The number of ether oxygens (including phenoxy) is 1. The van der Waals surface area contributed by atoms with Gasteiger partial charge in [0.1, 0.15) is 12.4 Å². The highest BCUT2D eigenvalue weighted by molar-refractivity contribution is 5.33. The highest BCUT2D eigenvalue weighted by Crippen LogP contribution is 2.21. The fraction of sp³-hybridized carbons (Fsp3) is 0.667. The zero-order valence-corrected chi connectivity index (χ0v) is 13.4. The molecule has 1 rings (SSSR count). The SMILES string of the molecule is C=C/C(CC)=C(/OCCN1CCCCCC1)C(=C)CC. The summed E-state index contributed by atoms with van der Waals surface area (Å²) in [6.07, 6.45) is 9.20. The van der Waals surface area contributed by atoms with Crippen molar-refractivity contribution in [1.29, 1.82) is 0 Å². The summed E-state index contributed by atoms with van der Waals surface area (Å²) in [7, 11) is 0. The predicted molar refractivity (Wildman–Crippen MR) is 87.8 cm³/mol. The zero-order chi connectivity index (χ0) is 14.8. The fourth-order valence-electron chi connectivity index (χ4n) is 2.62. The van der Waals surface area contributed by atoms with E-state index in [0.29, 0.717) is 0 Å². The van der Waals surface area contributed by atoms with Gasteiger partial charge >= 0.3 is 0 Å². The minimum absolute atomic E-state index is 0.756. The molecule has 0 aromatic rings. The Morgan fingerprint density at radius 2 is 1.75 bits per heavy atom. The van der Waals surface area contributed by atoms with E-state index in [1.54, 1.807) is 0 Å². The van der Waals surface area contributed by atoms with E-state index in [-0.39, 0.29) is 0 Å². The smallest absolute Gasteiger partial charge is 0.125 e. The maximum Gasteiger partial charge on any atom is 0.125 e. The van der Waals surface area contributed by atoms with Crippen molar-refractivity contribution in [2.75, 3.05) is 26.2 Å². The highest BCUT2D eigenvalue weighted by Gasteiger charge is 2.11. The van der Waals surface area contributed by atoms with E-state index in [4.69, 9.17) is 4.74 Å². The molecule has 1 aliphatic rings. The van der Waals surface area contributed by atoms with Crippen molar-refractivity contribution in [1.82, 2.24) is 4.90 Å². The molecule has 2 nitrogen and oxygen atoms in total. The first-order valence-corrected chi connectivity index (χ1v) is 8.11. The second-order valence-corrected chi connectivity index (χ2v) is 5.47. The van der Waals surface area contributed by atoms with Crippen LogP contribution in [-0.4, -0.2) is 31.1 Å². The number of hydrogen-bond donors (Lipinski definition) is 0. The monoisotopic (exact) mass is 277 g/mol. The Balaban J connectivity index is 2.52. The van der Waals surface area contributed by atoms with Crippen LogP contribution in [0.25, 0.3) is 0 Å². The van der Waals surface area contributed by atoms with Gasteiger partial charge in [0, 0.05) is 6.54 Å². The number of likely N-dealkylation sites (tertiary alicyclic amines) is 1. The third-order valence-electron chi connectivity index (χ3n) is 4.02. The van der Waals surface area contributed by atoms with E-state index in [1.807, 2.05) is 6.08 Å². The Kier molecular flexibility index (Phi) is 8.36. The maximum atomic E-state index is 6.05. The lowest BCUT2D eigenvalue weighted by Crippen LogP contribution is -2.28. The van der Waals surface area contributed by atoms with Crippen LogP contribution in [0.15, 0.2) is 36.1 Å². The molecule has 2 heteroatoms. The van der Waals surface area contributed by atoms with Gasteiger partial charge in [0.05, 0.1) is 0 Å². The summed E-state index contributed by atoms with van der Waals surface area (Å²) >= 11 is 0. The molecule has 0 bridgehead atoms. The lowest BCUT2D eigenvalue weighted by atomic mass is 10.1. The molecule has 20 heavy (non-hydrogen) atoms. The van der Waals surface area contributed by atoms with Crippen molar-refractivity contribution in [2.45, 2.75) is 52.4 Å². The summed E-state index contributed by atoms with van der Waals surface area (Å²) in [6.45, 7) is 16.5. The van der Waals surface area contributed by atoms with Gasteiger partial charge in [-0.25, -0.2) is 0 Å². The van der Waals surface area contributed by atoms with Gasteiger partial charge in [-0.05, 0) is 49.9 Å². The molecule has 0 saturated carbocycles. The summed E-state index contributed by atoms with van der Waals surface area (Å²) in [6, 6.07) is 0. The predicted octanol–water partition coefficient (Wildman–Crippen LogP) is 4.70. The van der Waals surface area contributed by atoms with E-state index >= 15 is 0 Å². The molecule has 1 heterocycles. The topological polar surface area (TPSA) is 12.5 Å². The molecule has 0 N–H and O–H groups in total. The highest BCUT2D eigenvalue weighted by atomic mass is 16.5.